The molecule has 1 aliphatic heterocycles. The lowest BCUT2D eigenvalue weighted by atomic mass is 9.97. The average molecular weight is 309 g/mol. The molecule has 0 radical (unpaired) electrons. The highest BCUT2D eigenvalue weighted by Crippen LogP contribution is 2.48. The van der Waals surface area contributed by atoms with E-state index in [2.05, 4.69) is 43.3 Å². The molecule has 1 saturated carbocycles. The first kappa shape index (κ1) is 14.9. The van der Waals surface area contributed by atoms with Crippen molar-refractivity contribution >= 4 is 0 Å². The van der Waals surface area contributed by atoms with Crippen LogP contribution in [0.3, 0.4) is 0 Å². The topological polar surface area (TPSA) is 21.7 Å². The van der Waals surface area contributed by atoms with Crippen molar-refractivity contribution in [2.24, 2.45) is 0 Å². The smallest absolute Gasteiger partial charge is 0.223 e. The summed E-state index contributed by atoms with van der Waals surface area (Å²) < 4.78 is 13.2. The maximum Gasteiger partial charge on any atom is 0.223 e. The van der Waals surface area contributed by atoms with E-state index in [1.54, 1.807) is 0 Å². The van der Waals surface area contributed by atoms with Gasteiger partial charge in [0, 0.05) is 17.2 Å². The molecule has 4 rings (SSSR count). The maximum atomic E-state index is 6.58. The number of hydrogen-bond donors (Lipinski definition) is 0. The van der Waals surface area contributed by atoms with E-state index in [1.165, 1.54) is 0 Å². The fourth-order valence-corrected chi connectivity index (χ4v) is 3.81. The van der Waals surface area contributed by atoms with Gasteiger partial charge in [0.15, 0.2) is 0 Å². The minimum absolute atomic E-state index is 0.155. The van der Waals surface area contributed by atoms with E-state index in [-0.39, 0.29) is 12.2 Å². The SMILES string of the molecule is CN(C)C1C[C@@H]2OC(c3ccccc3)(c3ccccc3)O[C@@H]2C1. The Kier molecular flexibility index (Phi) is 3.72. The molecule has 23 heavy (non-hydrogen) atoms. The fourth-order valence-electron chi connectivity index (χ4n) is 3.81. The summed E-state index contributed by atoms with van der Waals surface area (Å²) in [6, 6.07) is 21.2. The number of nitrogens with zero attached hydrogens (tertiary/aromatic N) is 1. The molecule has 1 aliphatic carbocycles. The van der Waals surface area contributed by atoms with Crippen molar-refractivity contribution in [2.75, 3.05) is 14.1 Å². The van der Waals surface area contributed by atoms with E-state index in [4.69, 9.17) is 9.47 Å². The van der Waals surface area contributed by atoms with E-state index < -0.39 is 5.79 Å². The molecule has 1 heterocycles. The van der Waals surface area contributed by atoms with E-state index in [1.807, 2.05) is 36.4 Å². The highest BCUT2D eigenvalue weighted by atomic mass is 16.8. The molecule has 2 aliphatic rings. The molecule has 0 bridgehead atoms. The highest BCUT2D eigenvalue weighted by Gasteiger charge is 2.53. The molecule has 1 unspecified atom stereocenters. The van der Waals surface area contributed by atoms with Crippen molar-refractivity contribution in [1.29, 1.82) is 0 Å². The van der Waals surface area contributed by atoms with Crippen molar-refractivity contribution in [3.05, 3.63) is 71.8 Å². The zero-order chi connectivity index (χ0) is 15.9. The van der Waals surface area contributed by atoms with Gasteiger partial charge in [0.1, 0.15) is 0 Å². The highest BCUT2D eigenvalue weighted by molar-refractivity contribution is 5.35. The van der Waals surface area contributed by atoms with Gasteiger partial charge in [0.05, 0.1) is 12.2 Å². The summed E-state index contributed by atoms with van der Waals surface area (Å²) in [5.74, 6) is -0.769. The molecular formula is C20H23NO2. The van der Waals surface area contributed by atoms with Crippen LogP contribution in [0.2, 0.25) is 0 Å². The molecular weight excluding hydrogens is 286 g/mol. The molecule has 3 heteroatoms. The maximum absolute atomic E-state index is 6.58. The van der Waals surface area contributed by atoms with Crippen molar-refractivity contribution < 1.29 is 9.47 Å². The Morgan fingerprint density at radius 1 is 0.783 bits per heavy atom. The van der Waals surface area contributed by atoms with Gasteiger partial charge in [-0.2, -0.15) is 0 Å². The van der Waals surface area contributed by atoms with Gasteiger partial charge in [-0.1, -0.05) is 60.7 Å². The molecule has 0 aromatic heterocycles. The van der Waals surface area contributed by atoms with Gasteiger partial charge in [-0.05, 0) is 26.9 Å². The summed E-state index contributed by atoms with van der Waals surface area (Å²) in [7, 11) is 4.26. The van der Waals surface area contributed by atoms with Gasteiger partial charge in [-0.15, -0.1) is 0 Å². The van der Waals surface area contributed by atoms with Crippen LogP contribution in [0, 0.1) is 0 Å². The summed E-state index contributed by atoms with van der Waals surface area (Å²) in [6.07, 6.45) is 2.36. The van der Waals surface area contributed by atoms with Gasteiger partial charge in [-0.3, -0.25) is 0 Å². The van der Waals surface area contributed by atoms with Crippen LogP contribution in [-0.4, -0.2) is 37.2 Å². The van der Waals surface area contributed by atoms with Crippen molar-refractivity contribution in [1.82, 2.24) is 4.90 Å². The van der Waals surface area contributed by atoms with Gasteiger partial charge in [0.25, 0.3) is 0 Å². The lowest BCUT2D eigenvalue weighted by Crippen LogP contribution is -2.33. The van der Waals surface area contributed by atoms with Crippen LogP contribution in [0.25, 0.3) is 0 Å². The third kappa shape index (κ3) is 2.49. The lowest BCUT2D eigenvalue weighted by Gasteiger charge is -2.31. The van der Waals surface area contributed by atoms with Crippen molar-refractivity contribution in [3.8, 4) is 0 Å². The minimum atomic E-state index is -0.769. The molecule has 2 aromatic rings. The number of hydrogen-bond acceptors (Lipinski definition) is 3. The number of ether oxygens (including phenoxy) is 2. The summed E-state index contributed by atoms with van der Waals surface area (Å²) in [5.41, 5.74) is 2.14. The molecule has 0 spiro atoms. The van der Waals surface area contributed by atoms with Gasteiger partial charge in [0.2, 0.25) is 5.79 Å². The second-order valence-corrected chi connectivity index (χ2v) is 6.75. The monoisotopic (exact) mass is 309 g/mol. The van der Waals surface area contributed by atoms with Crippen molar-refractivity contribution in [3.63, 3.8) is 0 Å². The van der Waals surface area contributed by atoms with Crippen LogP contribution in [0.15, 0.2) is 60.7 Å². The van der Waals surface area contributed by atoms with Gasteiger partial charge >= 0.3 is 0 Å². The Bertz CT molecular complexity index is 600. The largest absolute Gasteiger partial charge is 0.336 e. The minimum Gasteiger partial charge on any atom is -0.336 e. The Balaban J connectivity index is 1.71. The predicted molar refractivity (Wildman–Crippen MR) is 90.1 cm³/mol. The zero-order valence-electron chi connectivity index (χ0n) is 13.7. The average Bonchev–Trinajstić information content (AvgIpc) is 3.13. The molecule has 0 amide bonds. The third-order valence-corrected chi connectivity index (χ3v) is 5.10. The van der Waals surface area contributed by atoms with Crippen LogP contribution in [0.5, 0.6) is 0 Å². The standard InChI is InChI=1S/C20H23NO2/c1-21(2)17-13-18-19(14-17)23-20(22-18,15-9-5-3-6-10-15)16-11-7-4-8-12-16/h3-12,17-19H,13-14H2,1-2H3/t17?,18-,19+. The molecule has 0 N–H and O–H groups in total. The van der Waals surface area contributed by atoms with E-state index >= 15 is 0 Å². The molecule has 120 valence electrons. The summed E-state index contributed by atoms with van der Waals surface area (Å²) in [4.78, 5) is 2.28. The second-order valence-electron chi connectivity index (χ2n) is 6.75. The number of benzene rings is 2. The first-order valence-corrected chi connectivity index (χ1v) is 8.32. The zero-order valence-corrected chi connectivity index (χ0v) is 13.7. The summed E-state index contributed by atoms with van der Waals surface area (Å²) in [6.45, 7) is 0. The van der Waals surface area contributed by atoms with E-state index in [0.717, 1.165) is 24.0 Å². The Labute approximate surface area is 137 Å². The van der Waals surface area contributed by atoms with Crippen molar-refractivity contribution in [2.45, 2.75) is 36.9 Å². The third-order valence-electron chi connectivity index (χ3n) is 5.10. The first-order chi connectivity index (χ1) is 11.2. The molecule has 3 atom stereocenters. The Morgan fingerprint density at radius 3 is 1.61 bits per heavy atom. The van der Waals surface area contributed by atoms with Crippen LogP contribution >= 0.6 is 0 Å². The van der Waals surface area contributed by atoms with Crippen LogP contribution in [0.4, 0.5) is 0 Å². The summed E-state index contributed by atoms with van der Waals surface area (Å²) >= 11 is 0. The van der Waals surface area contributed by atoms with Crippen LogP contribution < -0.4 is 0 Å². The molecule has 2 fully saturated rings. The molecule has 1 saturated heterocycles. The number of rotatable bonds is 3. The van der Waals surface area contributed by atoms with Gasteiger partial charge in [-0.25, -0.2) is 0 Å². The van der Waals surface area contributed by atoms with E-state index in [9.17, 15) is 0 Å². The Morgan fingerprint density at radius 2 is 1.22 bits per heavy atom. The molecule has 2 aromatic carbocycles. The van der Waals surface area contributed by atoms with Gasteiger partial charge < -0.3 is 14.4 Å². The van der Waals surface area contributed by atoms with Crippen LogP contribution in [-0.2, 0) is 15.3 Å². The lowest BCUT2D eigenvalue weighted by molar-refractivity contribution is -0.158. The fraction of sp³-hybridized carbons (Fsp3) is 0.400. The quantitative estimate of drug-likeness (QED) is 0.867. The normalized spacial score (nSPS) is 28.9. The number of fused-ring (bicyclic) bond motifs is 1. The first-order valence-electron chi connectivity index (χ1n) is 8.32. The predicted octanol–water partition coefficient (Wildman–Crippen LogP) is 3.40. The van der Waals surface area contributed by atoms with E-state index in [0.29, 0.717) is 6.04 Å². The van der Waals surface area contributed by atoms with Crippen LogP contribution in [0.1, 0.15) is 24.0 Å². The summed E-state index contributed by atoms with van der Waals surface area (Å²) in [5, 5.41) is 0. The second kappa shape index (κ2) is 5.75. The molecule has 3 nitrogen and oxygen atoms in total. The Hall–Kier alpha value is -1.68.